The summed E-state index contributed by atoms with van der Waals surface area (Å²) in [5, 5.41) is 2.90. The van der Waals surface area contributed by atoms with Gasteiger partial charge >= 0.3 is 0 Å². The van der Waals surface area contributed by atoms with Crippen molar-refractivity contribution in [2.45, 2.75) is 32.7 Å². The molecule has 0 fully saturated rings. The molecular formula is C16H21NO3. The maximum atomic E-state index is 12.0. The van der Waals surface area contributed by atoms with Gasteiger partial charge in [0.15, 0.2) is 0 Å². The van der Waals surface area contributed by atoms with E-state index in [1.165, 1.54) is 11.8 Å². The first-order valence-electron chi connectivity index (χ1n) is 6.93. The monoisotopic (exact) mass is 275 g/mol. The Bertz CT molecular complexity index is 491. The molecule has 20 heavy (non-hydrogen) atoms. The van der Waals surface area contributed by atoms with Crippen molar-refractivity contribution in [1.82, 2.24) is 5.32 Å². The number of amides is 1. The van der Waals surface area contributed by atoms with Crippen LogP contribution in [-0.4, -0.2) is 19.1 Å². The van der Waals surface area contributed by atoms with Crippen LogP contribution in [0.5, 0.6) is 0 Å². The van der Waals surface area contributed by atoms with Crippen LogP contribution < -0.4 is 5.32 Å². The molecule has 1 heterocycles. The average Bonchev–Trinajstić information content (AvgIpc) is 2.48. The molecule has 0 unspecified atom stereocenters. The second-order valence-corrected chi connectivity index (χ2v) is 5.22. The zero-order valence-electron chi connectivity index (χ0n) is 12.2. The number of benzene rings is 1. The first-order chi connectivity index (χ1) is 9.58. The molecule has 0 aromatic heterocycles. The second kappa shape index (κ2) is 6.46. The number of nitrogens with one attached hydrogen (secondary N) is 1. The molecule has 1 amide bonds. The van der Waals surface area contributed by atoms with Gasteiger partial charge in [0, 0.05) is 0 Å². The average molecular weight is 275 g/mol. The molecule has 0 aliphatic carbocycles. The molecule has 1 aliphatic rings. The third kappa shape index (κ3) is 3.53. The molecule has 0 spiro atoms. The van der Waals surface area contributed by atoms with Crippen LogP contribution in [0, 0.1) is 0 Å². The quantitative estimate of drug-likeness (QED) is 0.919. The predicted molar refractivity (Wildman–Crippen MR) is 77.1 cm³/mol. The Morgan fingerprint density at radius 2 is 1.75 bits per heavy atom. The predicted octanol–water partition coefficient (Wildman–Crippen LogP) is 2.88. The molecule has 4 nitrogen and oxygen atoms in total. The molecule has 0 saturated carbocycles. The van der Waals surface area contributed by atoms with Crippen molar-refractivity contribution in [3.05, 3.63) is 47.4 Å². The molecule has 2 rings (SSSR count). The van der Waals surface area contributed by atoms with Crippen LogP contribution >= 0.6 is 0 Å². The number of hydrogen-bond donors (Lipinski definition) is 1. The van der Waals surface area contributed by atoms with Gasteiger partial charge in [-0.15, -0.1) is 0 Å². The highest BCUT2D eigenvalue weighted by atomic mass is 16.6. The molecule has 1 N–H and O–H groups in total. The Labute approximate surface area is 119 Å². The molecule has 1 aromatic carbocycles. The zero-order valence-corrected chi connectivity index (χ0v) is 12.2. The van der Waals surface area contributed by atoms with Gasteiger partial charge in [-0.1, -0.05) is 38.1 Å². The molecule has 1 aromatic rings. The first-order valence-corrected chi connectivity index (χ1v) is 6.93. The topological polar surface area (TPSA) is 47.6 Å². The Morgan fingerprint density at radius 1 is 1.10 bits per heavy atom. The lowest BCUT2D eigenvalue weighted by atomic mass is 9.99. The first kappa shape index (κ1) is 14.4. The lowest BCUT2D eigenvalue weighted by Crippen LogP contribution is -2.30. The van der Waals surface area contributed by atoms with Crippen LogP contribution in [0.1, 0.15) is 43.9 Å². The van der Waals surface area contributed by atoms with Crippen LogP contribution in [0.3, 0.4) is 0 Å². The molecule has 108 valence electrons. The minimum atomic E-state index is -0.245. The van der Waals surface area contributed by atoms with Crippen molar-refractivity contribution in [3.63, 3.8) is 0 Å². The van der Waals surface area contributed by atoms with E-state index in [4.69, 9.17) is 9.47 Å². The summed E-state index contributed by atoms with van der Waals surface area (Å²) in [6.45, 7) is 7.17. The maximum Gasteiger partial charge on any atom is 0.290 e. The Kier molecular flexibility index (Phi) is 4.66. The van der Waals surface area contributed by atoms with E-state index in [0.29, 0.717) is 19.1 Å². The number of ether oxygens (including phenoxy) is 2. The van der Waals surface area contributed by atoms with Crippen molar-refractivity contribution >= 4 is 5.91 Å². The van der Waals surface area contributed by atoms with Gasteiger partial charge in [0.1, 0.15) is 19.5 Å². The van der Waals surface area contributed by atoms with Gasteiger partial charge in [0.2, 0.25) is 5.76 Å². The largest absolute Gasteiger partial charge is 0.494 e. The third-order valence-electron chi connectivity index (χ3n) is 3.32. The summed E-state index contributed by atoms with van der Waals surface area (Å²) >= 11 is 0. The van der Waals surface area contributed by atoms with Gasteiger partial charge in [-0.3, -0.25) is 4.79 Å². The molecule has 0 bridgehead atoms. The molecular weight excluding hydrogens is 254 g/mol. The third-order valence-corrected chi connectivity index (χ3v) is 3.32. The van der Waals surface area contributed by atoms with E-state index >= 15 is 0 Å². The fourth-order valence-electron chi connectivity index (χ4n) is 2.01. The van der Waals surface area contributed by atoms with Crippen LogP contribution in [0.15, 0.2) is 36.3 Å². The Balaban J connectivity index is 1.98. The summed E-state index contributed by atoms with van der Waals surface area (Å²) in [4.78, 5) is 12.0. The number of carbonyl (C=O) groups is 1. The summed E-state index contributed by atoms with van der Waals surface area (Å²) in [5.74, 6) is 0.499. The van der Waals surface area contributed by atoms with Crippen LogP contribution in [-0.2, 0) is 14.3 Å². The lowest BCUT2D eigenvalue weighted by molar-refractivity contribution is -0.122. The fourth-order valence-corrected chi connectivity index (χ4v) is 2.01. The second-order valence-electron chi connectivity index (χ2n) is 5.22. The highest BCUT2D eigenvalue weighted by Gasteiger charge is 2.17. The Morgan fingerprint density at radius 3 is 2.30 bits per heavy atom. The summed E-state index contributed by atoms with van der Waals surface area (Å²) in [5.41, 5.74) is 2.36. The normalized spacial score (nSPS) is 15.9. The smallest absolute Gasteiger partial charge is 0.290 e. The van der Waals surface area contributed by atoms with Crippen LogP contribution in [0.2, 0.25) is 0 Å². The molecule has 1 atom stereocenters. The Hall–Kier alpha value is -1.97. The van der Waals surface area contributed by atoms with E-state index in [9.17, 15) is 4.79 Å². The van der Waals surface area contributed by atoms with E-state index in [-0.39, 0.29) is 17.7 Å². The van der Waals surface area contributed by atoms with Crippen LogP contribution in [0.25, 0.3) is 0 Å². The van der Waals surface area contributed by atoms with Gasteiger partial charge < -0.3 is 14.8 Å². The molecule has 0 radical (unpaired) electrons. The number of carbonyl (C=O) groups excluding carboxylic acids is 1. The maximum absolute atomic E-state index is 12.0. The van der Waals surface area contributed by atoms with Crippen molar-refractivity contribution in [2.75, 3.05) is 13.2 Å². The van der Waals surface area contributed by atoms with Gasteiger partial charge in [0.25, 0.3) is 5.91 Å². The fraction of sp³-hybridized carbons (Fsp3) is 0.438. The standard InChI is InChI=1S/C16H21NO3/c1-11(2)13-4-6-14(7-5-13)12(3)17-16(18)15-10-19-8-9-20-15/h4-7,10-12H,8-9H2,1-3H3,(H,17,18)/t12-/m0/s1. The molecule has 4 heteroatoms. The van der Waals surface area contributed by atoms with E-state index < -0.39 is 0 Å². The van der Waals surface area contributed by atoms with Crippen molar-refractivity contribution in [3.8, 4) is 0 Å². The minimum absolute atomic E-state index is 0.0739. The summed E-state index contributed by atoms with van der Waals surface area (Å²) in [6.07, 6.45) is 1.37. The SMILES string of the molecule is CC(C)c1ccc([C@H](C)NC(=O)C2=COCCO2)cc1. The highest BCUT2D eigenvalue weighted by molar-refractivity contribution is 5.91. The summed E-state index contributed by atoms with van der Waals surface area (Å²) < 4.78 is 10.3. The summed E-state index contributed by atoms with van der Waals surface area (Å²) in [6, 6.07) is 8.22. The van der Waals surface area contributed by atoms with E-state index in [1.807, 2.05) is 19.1 Å². The number of rotatable bonds is 4. The minimum Gasteiger partial charge on any atom is -0.494 e. The van der Waals surface area contributed by atoms with E-state index in [0.717, 1.165) is 5.56 Å². The highest BCUT2D eigenvalue weighted by Crippen LogP contribution is 2.19. The van der Waals surface area contributed by atoms with Gasteiger partial charge in [-0.25, -0.2) is 0 Å². The lowest BCUT2D eigenvalue weighted by Gasteiger charge is -2.19. The van der Waals surface area contributed by atoms with Gasteiger partial charge in [-0.2, -0.15) is 0 Å². The molecule has 0 saturated heterocycles. The van der Waals surface area contributed by atoms with Crippen molar-refractivity contribution in [1.29, 1.82) is 0 Å². The number of hydrogen-bond acceptors (Lipinski definition) is 3. The molecule has 1 aliphatic heterocycles. The van der Waals surface area contributed by atoms with Crippen molar-refractivity contribution in [2.24, 2.45) is 0 Å². The van der Waals surface area contributed by atoms with Gasteiger partial charge in [0.05, 0.1) is 6.04 Å². The zero-order chi connectivity index (χ0) is 14.5. The summed E-state index contributed by atoms with van der Waals surface area (Å²) in [7, 11) is 0. The van der Waals surface area contributed by atoms with E-state index in [1.54, 1.807) is 0 Å². The van der Waals surface area contributed by atoms with Crippen LogP contribution in [0.4, 0.5) is 0 Å². The van der Waals surface area contributed by atoms with Gasteiger partial charge in [-0.05, 0) is 24.0 Å². The van der Waals surface area contributed by atoms with E-state index in [2.05, 4.69) is 31.3 Å². The van der Waals surface area contributed by atoms with Crippen molar-refractivity contribution < 1.29 is 14.3 Å².